The third kappa shape index (κ3) is 2.20. The second kappa shape index (κ2) is 4.12. The molecule has 0 aromatic rings. The zero-order valence-electron chi connectivity index (χ0n) is 6.96. The Morgan fingerprint density at radius 3 is 2.64 bits per heavy atom. The number of unbranched alkanes of at least 4 members (excludes halogenated alkanes) is 1. The summed E-state index contributed by atoms with van der Waals surface area (Å²) in [5, 5.41) is 0. The number of hydrogen-bond acceptors (Lipinski definition) is 2. The Labute approximate surface area is 75.9 Å². The fourth-order valence-corrected chi connectivity index (χ4v) is 2.30. The molecule has 0 aromatic heterocycles. The van der Waals surface area contributed by atoms with Crippen LogP contribution in [0.15, 0.2) is 12.4 Å². The van der Waals surface area contributed by atoms with E-state index in [1.54, 1.807) is 0 Å². The van der Waals surface area contributed by atoms with Crippen molar-refractivity contribution < 1.29 is 0 Å². The summed E-state index contributed by atoms with van der Waals surface area (Å²) in [6.07, 6.45) is 6.52. The Hall–Kier alpha value is -0.0200. The molecule has 0 fully saturated rings. The lowest BCUT2D eigenvalue weighted by atomic mass is 10.3. The SMILES string of the molecule is CCCCN1C=CN(C)[S+]1Cl. The molecule has 0 bridgehead atoms. The topological polar surface area (TPSA) is 6.48 Å². The summed E-state index contributed by atoms with van der Waals surface area (Å²) in [5.41, 5.74) is 0. The van der Waals surface area contributed by atoms with Crippen LogP contribution >= 0.6 is 10.7 Å². The van der Waals surface area contributed by atoms with Crippen molar-refractivity contribution in [2.45, 2.75) is 19.8 Å². The molecule has 0 saturated carbocycles. The molecule has 4 heteroatoms. The molecule has 1 aliphatic rings. The average molecular weight is 194 g/mol. The lowest BCUT2D eigenvalue weighted by Crippen LogP contribution is -2.26. The van der Waals surface area contributed by atoms with Gasteiger partial charge in [0.05, 0.1) is 26.0 Å². The van der Waals surface area contributed by atoms with Crippen molar-refractivity contribution in [3.63, 3.8) is 0 Å². The molecule has 1 heterocycles. The molecular formula is C7H14ClN2S+. The summed E-state index contributed by atoms with van der Waals surface area (Å²) in [4.78, 5) is 0. The second-order valence-corrected chi connectivity index (χ2v) is 4.87. The van der Waals surface area contributed by atoms with E-state index in [4.69, 9.17) is 10.7 Å². The van der Waals surface area contributed by atoms with Gasteiger partial charge >= 0.3 is 10.5 Å². The van der Waals surface area contributed by atoms with Gasteiger partial charge in [-0.05, 0) is 6.42 Å². The Bertz CT molecular complexity index is 151. The van der Waals surface area contributed by atoms with Crippen LogP contribution < -0.4 is 0 Å². The molecule has 0 aromatic carbocycles. The normalized spacial score (nSPS) is 23.4. The van der Waals surface area contributed by atoms with Crippen molar-refractivity contribution in [1.82, 2.24) is 8.61 Å². The molecule has 0 saturated heterocycles. The minimum atomic E-state index is -0.229. The van der Waals surface area contributed by atoms with Gasteiger partial charge in [0.25, 0.3) is 0 Å². The van der Waals surface area contributed by atoms with Crippen LogP contribution in [0.3, 0.4) is 0 Å². The quantitative estimate of drug-likeness (QED) is 0.634. The minimum absolute atomic E-state index is 0.229. The van der Waals surface area contributed by atoms with E-state index < -0.39 is 0 Å². The first kappa shape index (κ1) is 9.07. The fourth-order valence-electron chi connectivity index (χ4n) is 0.898. The van der Waals surface area contributed by atoms with Gasteiger partial charge in [-0.3, -0.25) is 0 Å². The van der Waals surface area contributed by atoms with Crippen LogP contribution in [0, 0.1) is 0 Å². The highest BCUT2D eigenvalue weighted by atomic mass is 35.7. The van der Waals surface area contributed by atoms with E-state index in [9.17, 15) is 0 Å². The van der Waals surface area contributed by atoms with Crippen molar-refractivity contribution in [3.8, 4) is 0 Å². The lowest BCUT2D eigenvalue weighted by molar-refractivity contribution is 0.576. The number of nitrogens with zero attached hydrogens (tertiary/aromatic N) is 2. The molecule has 0 radical (unpaired) electrons. The van der Waals surface area contributed by atoms with Crippen molar-refractivity contribution >= 4 is 21.2 Å². The van der Waals surface area contributed by atoms with E-state index in [1.807, 2.05) is 17.6 Å². The van der Waals surface area contributed by atoms with Gasteiger partial charge < -0.3 is 0 Å². The molecular weight excluding hydrogens is 180 g/mol. The molecule has 0 spiro atoms. The highest BCUT2D eigenvalue weighted by molar-refractivity contribution is 8.14. The fraction of sp³-hybridized carbons (Fsp3) is 0.714. The highest BCUT2D eigenvalue weighted by Crippen LogP contribution is 2.22. The minimum Gasteiger partial charge on any atom is -0.163 e. The van der Waals surface area contributed by atoms with E-state index in [0.717, 1.165) is 6.54 Å². The third-order valence-corrected chi connectivity index (χ3v) is 4.08. The first-order valence-corrected chi connectivity index (χ1v) is 5.80. The van der Waals surface area contributed by atoms with Gasteiger partial charge in [-0.2, -0.15) is 8.61 Å². The maximum absolute atomic E-state index is 6.08. The van der Waals surface area contributed by atoms with Crippen LogP contribution in [0.4, 0.5) is 0 Å². The first-order chi connectivity index (χ1) is 5.25. The summed E-state index contributed by atoms with van der Waals surface area (Å²) in [6, 6.07) is 0. The van der Waals surface area contributed by atoms with E-state index in [-0.39, 0.29) is 10.5 Å². The molecule has 1 unspecified atom stereocenters. The molecule has 0 N–H and O–H groups in total. The zero-order valence-corrected chi connectivity index (χ0v) is 8.53. The van der Waals surface area contributed by atoms with Crippen molar-refractivity contribution in [1.29, 1.82) is 0 Å². The molecule has 0 aliphatic carbocycles. The van der Waals surface area contributed by atoms with Crippen LogP contribution in [0.5, 0.6) is 0 Å². The first-order valence-electron chi connectivity index (χ1n) is 3.84. The van der Waals surface area contributed by atoms with Crippen molar-refractivity contribution in [2.75, 3.05) is 13.6 Å². The molecule has 11 heavy (non-hydrogen) atoms. The smallest absolute Gasteiger partial charge is 0.163 e. The summed E-state index contributed by atoms with van der Waals surface area (Å²) in [7, 11) is 7.85. The van der Waals surface area contributed by atoms with Gasteiger partial charge in [-0.15, -0.1) is 0 Å². The van der Waals surface area contributed by atoms with Gasteiger partial charge in [0.15, 0.2) is 0 Å². The van der Waals surface area contributed by atoms with Crippen LogP contribution in [0.2, 0.25) is 0 Å². The molecule has 64 valence electrons. The lowest BCUT2D eigenvalue weighted by Gasteiger charge is -2.09. The summed E-state index contributed by atoms with van der Waals surface area (Å²) >= 11 is 0. The van der Waals surface area contributed by atoms with Gasteiger partial charge in [0.2, 0.25) is 10.7 Å². The van der Waals surface area contributed by atoms with Gasteiger partial charge in [0, 0.05) is 0 Å². The Kier molecular flexibility index (Phi) is 3.40. The van der Waals surface area contributed by atoms with Gasteiger partial charge in [-0.1, -0.05) is 13.3 Å². The summed E-state index contributed by atoms with van der Waals surface area (Å²) < 4.78 is 4.20. The van der Waals surface area contributed by atoms with E-state index in [0.29, 0.717) is 0 Å². The predicted molar refractivity (Wildman–Crippen MR) is 51.7 cm³/mol. The van der Waals surface area contributed by atoms with Gasteiger partial charge in [-0.25, -0.2) is 0 Å². The second-order valence-electron chi connectivity index (χ2n) is 2.56. The van der Waals surface area contributed by atoms with Crippen molar-refractivity contribution in [2.24, 2.45) is 0 Å². The van der Waals surface area contributed by atoms with E-state index in [1.165, 1.54) is 12.8 Å². The standard InChI is InChI=1S/C7H14ClN2S/c1-3-4-5-10-7-6-9(2)11(10)8/h6-7H,3-5H2,1-2H3/q+1. The van der Waals surface area contributed by atoms with E-state index >= 15 is 0 Å². The Morgan fingerprint density at radius 2 is 2.18 bits per heavy atom. The highest BCUT2D eigenvalue weighted by Gasteiger charge is 2.33. The summed E-state index contributed by atoms with van der Waals surface area (Å²) in [6.45, 7) is 3.26. The predicted octanol–water partition coefficient (Wildman–Crippen LogP) is 2.11. The number of hydrogen-bond donors (Lipinski definition) is 0. The average Bonchev–Trinajstić information content (AvgIpc) is 2.31. The molecule has 0 amide bonds. The van der Waals surface area contributed by atoms with Crippen LogP contribution in [0.25, 0.3) is 0 Å². The maximum atomic E-state index is 6.08. The summed E-state index contributed by atoms with van der Waals surface area (Å²) in [5.74, 6) is 0. The zero-order chi connectivity index (χ0) is 8.27. The van der Waals surface area contributed by atoms with Crippen molar-refractivity contribution in [3.05, 3.63) is 12.4 Å². The third-order valence-electron chi connectivity index (χ3n) is 1.61. The van der Waals surface area contributed by atoms with Crippen LogP contribution in [0.1, 0.15) is 19.8 Å². The largest absolute Gasteiger partial charge is 0.343 e. The van der Waals surface area contributed by atoms with Crippen LogP contribution in [-0.4, -0.2) is 22.2 Å². The molecule has 1 rings (SSSR count). The molecule has 1 aliphatic heterocycles. The van der Waals surface area contributed by atoms with Gasteiger partial charge in [0.1, 0.15) is 0 Å². The van der Waals surface area contributed by atoms with E-state index in [2.05, 4.69) is 17.4 Å². The molecule has 1 atom stereocenters. The Morgan fingerprint density at radius 1 is 1.45 bits per heavy atom. The van der Waals surface area contributed by atoms with Crippen LogP contribution in [-0.2, 0) is 10.5 Å². The number of rotatable bonds is 3. The number of halogens is 1. The Balaban J connectivity index is 2.31. The maximum Gasteiger partial charge on any atom is 0.343 e. The molecule has 2 nitrogen and oxygen atoms in total. The monoisotopic (exact) mass is 193 g/mol.